The number of nitrogens with zero attached hydrogens (tertiary/aromatic N) is 1. The van der Waals surface area contributed by atoms with E-state index in [1.165, 1.54) is 0 Å². The maximum atomic E-state index is 9.08. The molecule has 1 aromatic carbocycles. The van der Waals surface area contributed by atoms with Gasteiger partial charge in [-0.15, -0.1) is 0 Å². The highest BCUT2D eigenvalue weighted by Crippen LogP contribution is 2.28. The first-order valence-electron chi connectivity index (χ1n) is 5.49. The molecule has 0 atom stereocenters. The van der Waals surface area contributed by atoms with Crippen molar-refractivity contribution in [2.45, 2.75) is 13.8 Å². The summed E-state index contributed by atoms with van der Waals surface area (Å²) in [5.41, 5.74) is 2.56. The molecule has 1 aromatic heterocycles. The first-order valence-corrected chi connectivity index (χ1v) is 5.90. The standard InChI is InChI=1S/C14H12N2OS/c1-9-4-3-5-12(10(9)2)17-13-6-7-16-14(18)11(13)8-15/h3-7H,1-2H3,(H,16,18). The molecule has 0 spiro atoms. The zero-order valence-corrected chi connectivity index (χ0v) is 11.0. The van der Waals surface area contributed by atoms with E-state index in [4.69, 9.17) is 22.2 Å². The van der Waals surface area contributed by atoms with Crippen LogP contribution >= 0.6 is 12.2 Å². The minimum absolute atomic E-state index is 0.355. The third-order valence-corrected chi connectivity index (χ3v) is 3.13. The van der Waals surface area contributed by atoms with Crippen LogP contribution in [0.2, 0.25) is 0 Å². The zero-order chi connectivity index (χ0) is 13.1. The van der Waals surface area contributed by atoms with Crippen molar-refractivity contribution in [3.8, 4) is 17.6 Å². The number of pyridine rings is 1. The van der Waals surface area contributed by atoms with Gasteiger partial charge >= 0.3 is 0 Å². The molecule has 0 aliphatic carbocycles. The summed E-state index contributed by atoms with van der Waals surface area (Å²) in [4.78, 5) is 2.82. The first kappa shape index (κ1) is 12.3. The Morgan fingerprint density at radius 2 is 2.00 bits per heavy atom. The van der Waals surface area contributed by atoms with E-state index in [0.717, 1.165) is 16.9 Å². The summed E-state index contributed by atoms with van der Waals surface area (Å²) >= 11 is 5.06. The number of aryl methyl sites for hydroxylation is 1. The molecule has 90 valence electrons. The average molecular weight is 256 g/mol. The maximum absolute atomic E-state index is 9.08. The number of rotatable bonds is 2. The summed E-state index contributed by atoms with van der Waals surface area (Å²) < 4.78 is 6.17. The van der Waals surface area contributed by atoms with Gasteiger partial charge in [0.15, 0.2) is 0 Å². The van der Waals surface area contributed by atoms with Crippen molar-refractivity contribution >= 4 is 12.2 Å². The molecule has 0 amide bonds. The monoisotopic (exact) mass is 256 g/mol. The molecular weight excluding hydrogens is 244 g/mol. The number of aromatic nitrogens is 1. The molecule has 0 aliphatic rings. The molecule has 0 fully saturated rings. The molecule has 0 aliphatic heterocycles. The largest absolute Gasteiger partial charge is 0.456 e. The second-order valence-electron chi connectivity index (χ2n) is 3.96. The summed E-state index contributed by atoms with van der Waals surface area (Å²) in [6.07, 6.45) is 1.67. The van der Waals surface area contributed by atoms with Crippen molar-refractivity contribution in [1.82, 2.24) is 4.98 Å². The number of H-pyrrole nitrogens is 1. The van der Waals surface area contributed by atoms with E-state index in [2.05, 4.69) is 11.1 Å². The van der Waals surface area contributed by atoms with Crippen LogP contribution in [0, 0.1) is 29.8 Å². The highest BCUT2D eigenvalue weighted by atomic mass is 32.1. The van der Waals surface area contributed by atoms with Gasteiger partial charge in [0.1, 0.15) is 27.8 Å². The summed E-state index contributed by atoms with van der Waals surface area (Å²) in [6.45, 7) is 4.01. The number of benzene rings is 1. The van der Waals surface area contributed by atoms with E-state index in [-0.39, 0.29) is 0 Å². The molecule has 18 heavy (non-hydrogen) atoms. The topological polar surface area (TPSA) is 48.8 Å². The van der Waals surface area contributed by atoms with E-state index < -0.39 is 0 Å². The van der Waals surface area contributed by atoms with Crippen molar-refractivity contribution in [2.75, 3.05) is 0 Å². The summed E-state index contributed by atoms with van der Waals surface area (Å²) in [5, 5.41) is 9.08. The third kappa shape index (κ3) is 2.27. The van der Waals surface area contributed by atoms with E-state index in [0.29, 0.717) is 16.0 Å². The summed E-state index contributed by atoms with van der Waals surface area (Å²) in [5.74, 6) is 1.22. The van der Waals surface area contributed by atoms with Crippen molar-refractivity contribution < 1.29 is 4.74 Å². The molecule has 1 N–H and O–H groups in total. The molecule has 2 rings (SSSR count). The van der Waals surface area contributed by atoms with Crippen molar-refractivity contribution in [3.05, 3.63) is 51.8 Å². The Balaban J connectivity index is 2.48. The molecule has 0 saturated heterocycles. The first-order chi connectivity index (χ1) is 8.63. The van der Waals surface area contributed by atoms with Crippen molar-refractivity contribution in [3.63, 3.8) is 0 Å². The lowest BCUT2D eigenvalue weighted by atomic mass is 10.1. The molecule has 0 unspecified atom stereocenters. The van der Waals surface area contributed by atoms with Crippen LogP contribution in [0.5, 0.6) is 11.5 Å². The number of aromatic amines is 1. The van der Waals surface area contributed by atoms with Crippen LogP contribution in [0.4, 0.5) is 0 Å². The quantitative estimate of drug-likeness (QED) is 0.825. The average Bonchev–Trinajstić information content (AvgIpc) is 2.35. The van der Waals surface area contributed by atoms with Crippen molar-refractivity contribution in [1.29, 1.82) is 5.26 Å². The highest BCUT2D eigenvalue weighted by Gasteiger charge is 2.08. The fourth-order valence-electron chi connectivity index (χ4n) is 1.60. The number of ether oxygens (including phenoxy) is 1. The minimum atomic E-state index is 0.355. The second-order valence-corrected chi connectivity index (χ2v) is 4.37. The van der Waals surface area contributed by atoms with Crippen LogP contribution in [-0.4, -0.2) is 4.98 Å². The zero-order valence-electron chi connectivity index (χ0n) is 10.2. The van der Waals surface area contributed by atoms with Gasteiger partial charge in [0.05, 0.1) is 0 Å². The normalized spacial score (nSPS) is 9.83. The van der Waals surface area contributed by atoms with E-state index >= 15 is 0 Å². The summed E-state index contributed by atoms with van der Waals surface area (Å²) in [6, 6.07) is 9.58. The lowest BCUT2D eigenvalue weighted by Crippen LogP contribution is -1.93. The van der Waals surface area contributed by atoms with Gasteiger partial charge in [-0.25, -0.2) is 0 Å². The fraction of sp³-hybridized carbons (Fsp3) is 0.143. The Hall–Kier alpha value is -2.12. The maximum Gasteiger partial charge on any atom is 0.149 e. The summed E-state index contributed by atoms with van der Waals surface area (Å²) in [7, 11) is 0. The molecular formula is C14H12N2OS. The van der Waals surface area contributed by atoms with Crippen LogP contribution in [0.3, 0.4) is 0 Å². The Kier molecular flexibility index (Phi) is 3.45. The number of hydrogen-bond acceptors (Lipinski definition) is 3. The fourth-order valence-corrected chi connectivity index (χ4v) is 1.82. The minimum Gasteiger partial charge on any atom is -0.456 e. The van der Waals surface area contributed by atoms with Gasteiger partial charge in [-0.1, -0.05) is 24.4 Å². The highest BCUT2D eigenvalue weighted by molar-refractivity contribution is 7.71. The van der Waals surface area contributed by atoms with Gasteiger partial charge in [0.2, 0.25) is 0 Å². The van der Waals surface area contributed by atoms with Gasteiger partial charge in [0.25, 0.3) is 0 Å². The van der Waals surface area contributed by atoms with Gasteiger partial charge in [0, 0.05) is 6.20 Å². The van der Waals surface area contributed by atoms with Gasteiger partial charge in [-0.3, -0.25) is 0 Å². The van der Waals surface area contributed by atoms with E-state index in [1.807, 2.05) is 32.0 Å². The van der Waals surface area contributed by atoms with Crippen LogP contribution in [0.25, 0.3) is 0 Å². The molecule has 0 radical (unpaired) electrons. The predicted molar refractivity (Wildman–Crippen MR) is 72.3 cm³/mol. The SMILES string of the molecule is Cc1cccc(Oc2cc[nH]c(=S)c2C#N)c1C. The Labute approximate surface area is 111 Å². The van der Waals surface area contributed by atoms with Crippen LogP contribution in [0.1, 0.15) is 16.7 Å². The molecule has 4 heteroatoms. The lowest BCUT2D eigenvalue weighted by Gasteiger charge is -2.11. The van der Waals surface area contributed by atoms with Crippen molar-refractivity contribution in [2.24, 2.45) is 0 Å². The second kappa shape index (κ2) is 5.03. The van der Waals surface area contributed by atoms with Gasteiger partial charge < -0.3 is 9.72 Å². The van der Waals surface area contributed by atoms with Crippen LogP contribution in [-0.2, 0) is 0 Å². The van der Waals surface area contributed by atoms with Gasteiger partial charge in [-0.05, 0) is 37.1 Å². The number of nitrogens with one attached hydrogen (secondary N) is 1. The number of hydrogen-bond donors (Lipinski definition) is 1. The smallest absolute Gasteiger partial charge is 0.149 e. The Morgan fingerprint density at radius 3 is 2.72 bits per heavy atom. The van der Waals surface area contributed by atoms with Gasteiger partial charge in [-0.2, -0.15) is 5.26 Å². The van der Waals surface area contributed by atoms with Crippen LogP contribution < -0.4 is 4.74 Å². The molecule has 0 bridgehead atoms. The van der Waals surface area contributed by atoms with E-state index in [9.17, 15) is 0 Å². The lowest BCUT2D eigenvalue weighted by molar-refractivity contribution is 0.476. The number of nitriles is 1. The molecule has 3 nitrogen and oxygen atoms in total. The Morgan fingerprint density at radius 1 is 1.22 bits per heavy atom. The van der Waals surface area contributed by atoms with Crippen LogP contribution in [0.15, 0.2) is 30.5 Å². The predicted octanol–water partition coefficient (Wildman–Crippen LogP) is 4.03. The van der Waals surface area contributed by atoms with E-state index in [1.54, 1.807) is 12.3 Å². The Bertz CT molecular complexity index is 683. The third-order valence-electron chi connectivity index (χ3n) is 2.81. The molecule has 1 heterocycles. The molecule has 0 saturated carbocycles. The molecule has 2 aromatic rings.